The maximum atomic E-state index is 12.6. The highest BCUT2D eigenvalue weighted by Gasteiger charge is 2.29. The second-order valence-corrected chi connectivity index (χ2v) is 7.40. The van der Waals surface area contributed by atoms with E-state index in [0.29, 0.717) is 0 Å². The van der Waals surface area contributed by atoms with Crippen LogP contribution in [0.3, 0.4) is 0 Å². The topological polar surface area (TPSA) is 55.1 Å². The number of nitrogen functional groups attached to an aromatic ring is 1. The fraction of sp³-hybridized carbons (Fsp3) is 0.526. The Balaban J connectivity index is 1.92. The van der Waals surface area contributed by atoms with E-state index in [1.807, 2.05) is 24.3 Å². The number of rotatable bonds is 2. The molecule has 3 N–H and O–H groups in total. The Bertz CT molecular complexity index is 610. The molecule has 0 saturated heterocycles. The highest BCUT2D eigenvalue weighted by molar-refractivity contribution is 5.98. The summed E-state index contributed by atoms with van der Waals surface area (Å²) in [5.74, 6) is 0.494. The lowest BCUT2D eigenvalue weighted by Crippen LogP contribution is -2.44. The van der Waals surface area contributed by atoms with Crippen LogP contribution in [-0.2, 0) is 11.2 Å². The number of carbonyl (C=O) groups is 1. The molecule has 0 unspecified atom stereocenters. The minimum atomic E-state index is -0.0561. The van der Waals surface area contributed by atoms with Crippen molar-refractivity contribution in [3.05, 3.63) is 35.4 Å². The number of fused-ring (bicyclic) bond motifs is 1. The van der Waals surface area contributed by atoms with Gasteiger partial charge >= 0.3 is 0 Å². The molecule has 0 aromatic heterocycles. The van der Waals surface area contributed by atoms with Crippen molar-refractivity contribution in [1.82, 2.24) is 5.32 Å². The lowest BCUT2D eigenvalue weighted by Gasteiger charge is -2.36. The minimum Gasteiger partial charge on any atom is -0.399 e. The Labute approximate surface area is 133 Å². The molecule has 0 amide bonds. The number of benzene rings is 1. The zero-order chi connectivity index (χ0) is 15.7. The van der Waals surface area contributed by atoms with E-state index in [1.165, 1.54) is 24.8 Å². The number of carbonyl (C=O) groups excluding carboxylic acids is 1. The van der Waals surface area contributed by atoms with Gasteiger partial charge in [0.05, 0.1) is 0 Å². The van der Waals surface area contributed by atoms with Gasteiger partial charge in [0.1, 0.15) is 0 Å². The molecule has 0 bridgehead atoms. The minimum absolute atomic E-state index is 0.0561. The van der Waals surface area contributed by atoms with Crippen molar-refractivity contribution in [2.45, 2.75) is 57.9 Å². The monoisotopic (exact) mass is 298 g/mol. The first-order valence-corrected chi connectivity index (χ1v) is 8.37. The summed E-state index contributed by atoms with van der Waals surface area (Å²) in [6.45, 7) is 4.33. The quantitative estimate of drug-likeness (QED) is 0.647. The van der Waals surface area contributed by atoms with Crippen molar-refractivity contribution in [2.75, 3.05) is 5.73 Å². The van der Waals surface area contributed by atoms with Crippen LogP contribution >= 0.6 is 0 Å². The third-order valence-electron chi connectivity index (χ3n) is 4.82. The zero-order valence-corrected chi connectivity index (χ0v) is 13.6. The molecule has 1 aromatic rings. The largest absolute Gasteiger partial charge is 0.399 e. The van der Waals surface area contributed by atoms with Crippen molar-refractivity contribution >= 4 is 17.2 Å². The van der Waals surface area contributed by atoms with Crippen LogP contribution in [0.1, 0.15) is 57.1 Å². The van der Waals surface area contributed by atoms with Crippen LogP contribution in [0, 0.1) is 5.92 Å². The molecule has 0 spiro atoms. The summed E-state index contributed by atoms with van der Waals surface area (Å²) in [6.07, 6.45) is 8.49. The molecule has 118 valence electrons. The Kier molecular flexibility index (Phi) is 3.98. The van der Waals surface area contributed by atoms with Crippen molar-refractivity contribution in [3.8, 4) is 0 Å². The molecule has 1 aromatic carbocycles. The molecule has 0 radical (unpaired) electrons. The highest BCUT2D eigenvalue weighted by atomic mass is 16.1. The molecule has 0 atom stereocenters. The predicted octanol–water partition coefficient (Wildman–Crippen LogP) is 3.68. The summed E-state index contributed by atoms with van der Waals surface area (Å²) in [5, 5.41) is 3.54. The molecular weight excluding hydrogens is 272 g/mol. The summed E-state index contributed by atoms with van der Waals surface area (Å²) >= 11 is 0. The van der Waals surface area contributed by atoms with E-state index < -0.39 is 0 Å². The Morgan fingerprint density at radius 1 is 1.27 bits per heavy atom. The molecule has 1 aliphatic carbocycles. The van der Waals surface area contributed by atoms with Crippen LogP contribution < -0.4 is 11.1 Å². The summed E-state index contributed by atoms with van der Waals surface area (Å²) in [5.41, 5.74) is 9.97. The third kappa shape index (κ3) is 3.18. The molecule has 1 heterocycles. The molecule has 22 heavy (non-hydrogen) atoms. The number of ketones is 1. The van der Waals surface area contributed by atoms with Crippen molar-refractivity contribution in [2.24, 2.45) is 5.92 Å². The Morgan fingerprint density at radius 2 is 2.00 bits per heavy atom. The molecule has 1 saturated carbocycles. The van der Waals surface area contributed by atoms with Crippen LogP contribution in [0.15, 0.2) is 24.3 Å². The lowest BCUT2D eigenvalue weighted by molar-refractivity contribution is -0.119. The molecule has 2 aliphatic rings. The predicted molar refractivity (Wildman–Crippen MR) is 91.3 cm³/mol. The number of anilines is 1. The number of hydrogen-bond acceptors (Lipinski definition) is 3. The SMILES string of the molecule is CC1(C)Cc2cc(N)ccc2C(=CC(=O)C2CCCCC2)N1. The first-order chi connectivity index (χ1) is 10.4. The maximum absolute atomic E-state index is 12.6. The number of nitrogens with two attached hydrogens (primary N) is 1. The average molecular weight is 298 g/mol. The summed E-state index contributed by atoms with van der Waals surface area (Å²) in [7, 11) is 0. The summed E-state index contributed by atoms with van der Waals surface area (Å²) in [6, 6.07) is 5.99. The number of allylic oxidation sites excluding steroid dienone is 1. The fourth-order valence-corrected chi connectivity index (χ4v) is 3.74. The smallest absolute Gasteiger partial charge is 0.160 e. The van der Waals surface area contributed by atoms with E-state index in [2.05, 4.69) is 19.2 Å². The highest BCUT2D eigenvalue weighted by Crippen LogP contribution is 2.32. The van der Waals surface area contributed by atoms with Gasteiger partial charge in [-0.15, -0.1) is 0 Å². The van der Waals surface area contributed by atoms with Crippen LogP contribution in [0.5, 0.6) is 0 Å². The van der Waals surface area contributed by atoms with E-state index in [4.69, 9.17) is 5.73 Å². The summed E-state index contributed by atoms with van der Waals surface area (Å²) < 4.78 is 0. The number of nitrogens with one attached hydrogen (secondary N) is 1. The van der Waals surface area contributed by atoms with Gasteiger partial charge in [0.25, 0.3) is 0 Å². The van der Waals surface area contributed by atoms with Crippen LogP contribution in [0.4, 0.5) is 5.69 Å². The normalized spacial score (nSPS) is 22.9. The van der Waals surface area contributed by atoms with Crippen LogP contribution in [0.2, 0.25) is 0 Å². The second-order valence-electron chi connectivity index (χ2n) is 7.40. The van der Waals surface area contributed by atoms with Gasteiger partial charge in [-0.1, -0.05) is 25.3 Å². The Hall–Kier alpha value is -1.77. The molecule has 1 aliphatic heterocycles. The van der Waals surface area contributed by atoms with Crippen LogP contribution in [-0.4, -0.2) is 11.3 Å². The van der Waals surface area contributed by atoms with E-state index in [0.717, 1.165) is 36.2 Å². The van der Waals surface area contributed by atoms with E-state index in [-0.39, 0.29) is 17.2 Å². The molecule has 3 heteroatoms. The first-order valence-electron chi connectivity index (χ1n) is 8.37. The van der Waals surface area contributed by atoms with Gasteiger partial charge in [0, 0.05) is 34.5 Å². The molecule has 3 rings (SSSR count). The van der Waals surface area contributed by atoms with Gasteiger partial charge in [-0.25, -0.2) is 0 Å². The van der Waals surface area contributed by atoms with Crippen LogP contribution in [0.25, 0.3) is 5.70 Å². The first kappa shape index (κ1) is 15.1. The summed E-state index contributed by atoms with van der Waals surface area (Å²) in [4.78, 5) is 12.6. The fourth-order valence-electron chi connectivity index (χ4n) is 3.74. The van der Waals surface area contributed by atoms with Gasteiger partial charge in [-0.2, -0.15) is 0 Å². The molecule has 3 nitrogen and oxygen atoms in total. The lowest BCUT2D eigenvalue weighted by atomic mass is 9.83. The van der Waals surface area contributed by atoms with Crippen molar-refractivity contribution < 1.29 is 4.79 Å². The van der Waals surface area contributed by atoms with Gasteiger partial charge in [-0.05, 0) is 50.8 Å². The van der Waals surface area contributed by atoms with Gasteiger partial charge in [0.2, 0.25) is 0 Å². The molecule has 1 fully saturated rings. The third-order valence-corrected chi connectivity index (χ3v) is 4.82. The van der Waals surface area contributed by atoms with Crippen molar-refractivity contribution in [3.63, 3.8) is 0 Å². The van der Waals surface area contributed by atoms with E-state index in [9.17, 15) is 4.79 Å². The van der Waals surface area contributed by atoms with Crippen molar-refractivity contribution in [1.29, 1.82) is 0 Å². The second kappa shape index (κ2) is 5.79. The average Bonchev–Trinajstić information content (AvgIpc) is 2.46. The van der Waals surface area contributed by atoms with E-state index >= 15 is 0 Å². The van der Waals surface area contributed by atoms with Gasteiger partial charge in [0.15, 0.2) is 5.78 Å². The number of hydrogen-bond donors (Lipinski definition) is 2. The zero-order valence-electron chi connectivity index (χ0n) is 13.6. The van der Waals surface area contributed by atoms with Gasteiger partial charge in [-0.3, -0.25) is 4.79 Å². The Morgan fingerprint density at radius 3 is 2.73 bits per heavy atom. The molecular formula is C19H26N2O. The standard InChI is InChI=1S/C19H26N2O/c1-19(2)12-14-10-15(20)8-9-16(14)17(21-19)11-18(22)13-6-4-3-5-7-13/h8-11,13,21H,3-7,12,20H2,1-2H3. The van der Waals surface area contributed by atoms with E-state index in [1.54, 1.807) is 0 Å². The maximum Gasteiger partial charge on any atom is 0.160 e. The van der Waals surface area contributed by atoms with Gasteiger partial charge < -0.3 is 11.1 Å².